The molecule has 2 saturated heterocycles. The average Bonchev–Trinajstić information content (AvgIpc) is 3.51. The highest BCUT2D eigenvalue weighted by atomic mass is 32.2. The molecule has 3 N–H and O–H groups in total. The molecule has 0 aromatic heterocycles. The first-order chi connectivity index (χ1) is 22.3. The maximum Gasteiger partial charge on any atom is 0.422 e. The average molecular weight is 675 g/mol. The van der Waals surface area contributed by atoms with Gasteiger partial charge in [-0.25, -0.2) is 23.7 Å². The Labute approximate surface area is 270 Å². The Morgan fingerprint density at radius 3 is 2.53 bits per heavy atom. The summed E-state index contributed by atoms with van der Waals surface area (Å²) < 4.78 is 47.0. The van der Waals surface area contributed by atoms with E-state index in [0.29, 0.717) is 45.9 Å². The maximum absolute atomic E-state index is 14.0. The number of hydrogen-bond acceptors (Lipinski definition) is 8. The van der Waals surface area contributed by atoms with Crippen LogP contribution in [0.5, 0.6) is 0 Å². The molecule has 1 spiro atoms. The summed E-state index contributed by atoms with van der Waals surface area (Å²) in [7, 11) is -2.96. The van der Waals surface area contributed by atoms with Crippen molar-refractivity contribution >= 4 is 45.9 Å². The summed E-state index contributed by atoms with van der Waals surface area (Å²) in [5.74, 6) is -1.91. The van der Waals surface area contributed by atoms with Crippen molar-refractivity contribution in [2.45, 2.75) is 50.8 Å². The van der Waals surface area contributed by atoms with Gasteiger partial charge in [0.1, 0.15) is 12.4 Å². The quantitative estimate of drug-likeness (QED) is 0.359. The molecular formula is C30H35FN6O9S. The number of carbonyl (C=O) groups excluding carboxylic acids is 4. The van der Waals surface area contributed by atoms with Crippen LogP contribution in [0.2, 0.25) is 0 Å². The van der Waals surface area contributed by atoms with Crippen LogP contribution < -0.4 is 10.6 Å². The molecule has 0 unspecified atom stereocenters. The predicted molar refractivity (Wildman–Crippen MR) is 164 cm³/mol. The lowest BCUT2D eigenvalue weighted by atomic mass is 9.94. The summed E-state index contributed by atoms with van der Waals surface area (Å²) in [6.45, 7) is 0.0698. The highest BCUT2D eigenvalue weighted by Crippen LogP contribution is 2.46. The van der Waals surface area contributed by atoms with Gasteiger partial charge in [0.05, 0.1) is 0 Å². The molecule has 17 heteroatoms. The maximum atomic E-state index is 14.0. The number of ether oxygens (including phenoxy) is 1. The van der Waals surface area contributed by atoms with E-state index in [9.17, 15) is 41.9 Å². The number of halogens is 1. The Kier molecular flexibility index (Phi) is 9.40. The Balaban J connectivity index is 1.39. The molecular weight excluding hydrogens is 639 g/mol. The molecule has 2 atom stereocenters. The molecule has 47 heavy (non-hydrogen) atoms. The summed E-state index contributed by atoms with van der Waals surface area (Å²) in [4.78, 5) is 66.4. The molecule has 2 aliphatic heterocycles. The number of fused-ring (bicyclic) bond motifs is 2. The summed E-state index contributed by atoms with van der Waals surface area (Å²) in [5, 5.41) is 14.6. The Hall–Kier alpha value is -4.77. The number of carboxylic acid groups (broad SMARTS) is 1. The van der Waals surface area contributed by atoms with Gasteiger partial charge in [0.15, 0.2) is 0 Å². The van der Waals surface area contributed by atoms with E-state index < -0.39 is 64.2 Å². The Morgan fingerprint density at radius 1 is 1.15 bits per heavy atom. The van der Waals surface area contributed by atoms with Gasteiger partial charge < -0.3 is 25.4 Å². The van der Waals surface area contributed by atoms with Gasteiger partial charge in [0, 0.05) is 56.9 Å². The fourth-order valence-electron chi connectivity index (χ4n) is 6.28. The van der Waals surface area contributed by atoms with Gasteiger partial charge >= 0.3 is 28.4 Å². The first kappa shape index (κ1) is 33.6. The number of nitrogens with zero attached hydrogens (tertiary/aromatic N) is 4. The second kappa shape index (κ2) is 13.2. The smallest absolute Gasteiger partial charge is 0.422 e. The lowest BCUT2D eigenvalue weighted by molar-refractivity contribution is -0.143. The van der Waals surface area contributed by atoms with Crippen molar-refractivity contribution in [1.82, 2.24) is 23.7 Å². The van der Waals surface area contributed by atoms with Crippen molar-refractivity contribution in [2.75, 3.05) is 38.5 Å². The van der Waals surface area contributed by atoms with E-state index in [1.165, 1.54) is 43.1 Å². The number of anilines is 1. The van der Waals surface area contributed by atoms with Gasteiger partial charge in [-0.3, -0.25) is 9.59 Å². The predicted octanol–water partition coefficient (Wildman–Crippen LogP) is 2.44. The Bertz CT molecular complexity index is 1710. The van der Waals surface area contributed by atoms with Crippen molar-refractivity contribution in [3.05, 3.63) is 65.0 Å². The van der Waals surface area contributed by atoms with Gasteiger partial charge in [-0.15, -0.1) is 0 Å². The van der Waals surface area contributed by atoms with E-state index in [4.69, 9.17) is 4.74 Å². The van der Waals surface area contributed by atoms with Gasteiger partial charge in [0.25, 0.3) is 5.91 Å². The zero-order valence-corrected chi connectivity index (χ0v) is 26.6. The minimum atomic E-state index is -4.42. The minimum Gasteiger partial charge on any atom is -0.464 e. The normalized spacial score (nSPS) is 20.9. The van der Waals surface area contributed by atoms with Gasteiger partial charge in [-0.05, 0) is 61.6 Å². The number of piperidine rings is 1. The zero-order valence-electron chi connectivity index (χ0n) is 25.8. The monoisotopic (exact) mass is 674 g/mol. The number of aryl methyl sites for hydroxylation is 1. The summed E-state index contributed by atoms with van der Waals surface area (Å²) in [6.07, 6.45) is -1.50. The zero-order chi connectivity index (χ0) is 34.1. The fourth-order valence-corrected chi connectivity index (χ4v) is 7.80. The van der Waals surface area contributed by atoms with Crippen LogP contribution in [0.3, 0.4) is 0 Å². The number of urea groups is 1. The number of imide groups is 1. The van der Waals surface area contributed by atoms with Crippen LogP contribution in [-0.4, -0.2) is 101 Å². The van der Waals surface area contributed by atoms with E-state index in [-0.39, 0.29) is 32.6 Å². The fraction of sp³-hybridized carbons (Fsp3) is 0.433. The number of hydrogen-bond donors (Lipinski definition) is 3. The standard InChI is InChI=1S/C30H35FN6O9S/c1-3-37(28(41)42)47(44,45)34-14-4-5-23(17-34)35(16-19-6-8-21(31)9-7-19)25(38)18-36-26(39)30(46-29(36)43)13-12-20-15-22(10-11-24(20)30)33-27(40)32-2/h6-11,15,23H,3-5,12-14,16-18H2,1-2H3,(H,41,42)(H2,32,33,40)/t23-,30+/m0/s1. The molecule has 2 aromatic carbocycles. The van der Waals surface area contributed by atoms with Crippen LogP contribution in [0.15, 0.2) is 42.5 Å². The van der Waals surface area contributed by atoms with Crippen LogP contribution in [0.25, 0.3) is 0 Å². The molecule has 252 valence electrons. The van der Waals surface area contributed by atoms with E-state index in [1.807, 2.05) is 0 Å². The summed E-state index contributed by atoms with van der Waals surface area (Å²) in [5.41, 5.74) is 0.490. The number of rotatable bonds is 9. The van der Waals surface area contributed by atoms with Gasteiger partial charge in [-0.2, -0.15) is 17.0 Å². The number of nitrogens with one attached hydrogen (secondary N) is 2. The molecule has 5 rings (SSSR count). The molecule has 6 amide bonds. The van der Waals surface area contributed by atoms with Crippen LogP contribution in [0.4, 0.5) is 24.5 Å². The molecule has 2 aromatic rings. The van der Waals surface area contributed by atoms with Crippen LogP contribution in [0.1, 0.15) is 42.9 Å². The molecule has 2 heterocycles. The third kappa shape index (κ3) is 6.44. The molecule has 3 aliphatic rings. The molecule has 0 saturated carbocycles. The lowest BCUT2D eigenvalue weighted by Gasteiger charge is -2.40. The number of amides is 6. The van der Waals surface area contributed by atoms with E-state index in [2.05, 4.69) is 10.6 Å². The van der Waals surface area contributed by atoms with Crippen molar-refractivity contribution in [3.8, 4) is 0 Å². The minimum absolute atomic E-state index is 0.0282. The number of carbonyl (C=O) groups is 5. The molecule has 15 nitrogen and oxygen atoms in total. The van der Waals surface area contributed by atoms with E-state index in [0.717, 1.165) is 9.21 Å². The molecule has 1 aliphatic carbocycles. The lowest BCUT2D eigenvalue weighted by Crippen LogP contribution is -2.56. The van der Waals surface area contributed by atoms with E-state index in [1.54, 1.807) is 18.2 Å². The molecule has 0 bridgehead atoms. The third-order valence-electron chi connectivity index (χ3n) is 8.63. The summed E-state index contributed by atoms with van der Waals surface area (Å²) in [6, 6.07) is 9.01. The Morgan fingerprint density at radius 2 is 1.87 bits per heavy atom. The summed E-state index contributed by atoms with van der Waals surface area (Å²) >= 11 is 0. The first-order valence-electron chi connectivity index (χ1n) is 15.0. The topological polar surface area (TPSA) is 186 Å². The van der Waals surface area contributed by atoms with Gasteiger partial charge in [-0.1, -0.05) is 18.2 Å². The van der Waals surface area contributed by atoms with Crippen LogP contribution in [0, 0.1) is 5.82 Å². The van der Waals surface area contributed by atoms with E-state index >= 15 is 0 Å². The van der Waals surface area contributed by atoms with Crippen LogP contribution >= 0.6 is 0 Å². The van der Waals surface area contributed by atoms with Crippen molar-refractivity contribution in [1.29, 1.82) is 0 Å². The SMILES string of the molecule is CCN(C(=O)O)S(=O)(=O)N1CCC[C@H](N(Cc2ccc(F)cc2)C(=O)CN2C(=O)O[C@@]3(CCc4cc(NC(=O)NC)ccc43)C2=O)C1. The molecule has 2 fully saturated rings. The third-order valence-corrected chi connectivity index (χ3v) is 10.6. The van der Waals surface area contributed by atoms with Gasteiger partial charge in [0.2, 0.25) is 11.5 Å². The second-order valence-electron chi connectivity index (χ2n) is 11.4. The highest BCUT2D eigenvalue weighted by molar-refractivity contribution is 7.87. The van der Waals surface area contributed by atoms with Crippen molar-refractivity contribution < 1.29 is 46.6 Å². The second-order valence-corrected chi connectivity index (χ2v) is 13.3. The van der Waals surface area contributed by atoms with Crippen molar-refractivity contribution in [2.24, 2.45) is 0 Å². The largest absolute Gasteiger partial charge is 0.464 e. The van der Waals surface area contributed by atoms with Crippen molar-refractivity contribution in [3.63, 3.8) is 0 Å². The highest BCUT2D eigenvalue weighted by Gasteiger charge is 2.58. The van der Waals surface area contributed by atoms with Crippen LogP contribution in [-0.2, 0) is 43.1 Å². The molecule has 0 radical (unpaired) electrons. The number of benzene rings is 2. The first-order valence-corrected chi connectivity index (χ1v) is 16.4.